The van der Waals surface area contributed by atoms with E-state index in [1.807, 2.05) is 43.5 Å². The number of H-pyrrole nitrogens is 1. The molecule has 3 aromatic rings. The van der Waals surface area contributed by atoms with Gasteiger partial charge in [0.2, 0.25) is 10.0 Å². The molecule has 0 radical (unpaired) electrons. The van der Waals surface area contributed by atoms with Crippen molar-refractivity contribution < 1.29 is 13.2 Å². The molecule has 1 saturated heterocycles. The number of hydrogen-bond donors (Lipinski definition) is 2. The molecule has 1 aromatic heterocycles. The molecule has 2 N–H and O–H groups in total. The molecule has 0 bridgehead atoms. The Hall–Kier alpha value is -2.80. The Morgan fingerprint density at radius 3 is 2.63 bits per heavy atom. The molecule has 1 aliphatic rings. The van der Waals surface area contributed by atoms with Gasteiger partial charge in [0.05, 0.1) is 28.6 Å². The fraction of sp³-hybridized carbons (Fsp3) is 0.250. The van der Waals surface area contributed by atoms with E-state index in [0.29, 0.717) is 24.2 Å². The maximum absolute atomic E-state index is 12.7. The van der Waals surface area contributed by atoms with E-state index in [1.165, 1.54) is 4.31 Å². The average Bonchev–Trinajstić information content (AvgIpc) is 3.27. The van der Waals surface area contributed by atoms with Gasteiger partial charge in [-0.1, -0.05) is 24.3 Å². The molecule has 1 aliphatic heterocycles. The quantitative estimate of drug-likeness (QED) is 0.726. The van der Waals surface area contributed by atoms with Crippen LogP contribution in [-0.4, -0.2) is 31.6 Å². The van der Waals surface area contributed by atoms with Crippen LogP contribution in [-0.2, 0) is 10.0 Å². The third-order valence-electron chi connectivity index (χ3n) is 4.96. The number of carbonyl (C=O) groups is 1. The minimum Gasteiger partial charge on any atom is -0.361 e. The Labute approximate surface area is 158 Å². The lowest BCUT2D eigenvalue weighted by Gasteiger charge is -2.19. The second-order valence-corrected chi connectivity index (χ2v) is 8.79. The highest BCUT2D eigenvalue weighted by Crippen LogP contribution is 2.26. The van der Waals surface area contributed by atoms with Gasteiger partial charge in [-0.3, -0.25) is 9.10 Å². The van der Waals surface area contributed by atoms with Gasteiger partial charge in [0.25, 0.3) is 5.91 Å². The predicted molar refractivity (Wildman–Crippen MR) is 106 cm³/mol. The summed E-state index contributed by atoms with van der Waals surface area (Å²) >= 11 is 0. The highest BCUT2D eigenvalue weighted by atomic mass is 32.2. The van der Waals surface area contributed by atoms with Crippen LogP contribution in [0.15, 0.2) is 54.7 Å². The van der Waals surface area contributed by atoms with Gasteiger partial charge in [-0.25, -0.2) is 8.42 Å². The molecule has 0 unspecified atom stereocenters. The van der Waals surface area contributed by atoms with E-state index >= 15 is 0 Å². The molecule has 1 fully saturated rings. The van der Waals surface area contributed by atoms with E-state index in [2.05, 4.69) is 10.3 Å². The lowest BCUT2D eigenvalue weighted by atomic mass is 10.1. The summed E-state index contributed by atoms with van der Waals surface area (Å²) in [6, 6.07) is 14.7. The summed E-state index contributed by atoms with van der Waals surface area (Å²) < 4.78 is 25.5. The van der Waals surface area contributed by atoms with Gasteiger partial charge >= 0.3 is 0 Å². The maximum atomic E-state index is 12.7. The number of hydrogen-bond acceptors (Lipinski definition) is 3. The van der Waals surface area contributed by atoms with Crippen molar-refractivity contribution in [1.29, 1.82) is 0 Å². The second kappa shape index (κ2) is 6.74. The predicted octanol–water partition coefficient (Wildman–Crippen LogP) is 3.20. The standard InChI is InChI=1S/C20H21N3O3S/c1-14(22-20(24)18-5-2-4-16-10-11-21-19(16)18)15-6-8-17(9-7-15)23-12-3-13-27(23,25)26/h2,4-11,14,21H,3,12-13H2,1H3,(H,22,24)/t14-/m1/s1. The third-order valence-corrected chi connectivity index (χ3v) is 6.83. The van der Waals surface area contributed by atoms with Crippen LogP contribution < -0.4 is 9.62 Å². The Kier molecular flexibility index (Phi) is 4.39. The summed E-state index contributed by atoms with van der Waals surface area (Å²) in [7, 11) is -3.18. The number of para-hydroxylation sites is 1. The average molecular weight is 383 g/mol. The van der Waals surface area contributed by atoms with E-state index in [0.717, 1.165) is 16.5 Å². The normalized spacial score (nSPS) is 17.1. The van der Waals surface area contributed by atoms with E-state index in [-0.39, 0.29) is 17.7 Å². The number of sulfonamides is 1. The van der Waals surface area contributed by atoms with Crippen molar-refractivity contribution in [3.8, 4) is 0 Å². The van der Waals surface area contributed by atoms with Crippen LogP contribution in [0.2, 0.25) is 0 Å². The second-order valence-electron chi connectivity index (χ2n) is 6.78. The minimum atomic E-state index is -3.18. The molecule has 1 amide bonds. The fourth-order valence-corrected chi connectivity index (χ4v) is 5.06. The van der Waals surface area contributed by atoms with Gasteiger partial charge in [-0.05, 0) is 43.2 Å². The number of carbonyl (C=O) groups excluding carboxylic acids is 1. The van der Waals surface area contributed by atoms with Gasteiger partial charge in [0.1, 0.15) is 0 Å². The first-order chi connectivity index (χ1) is 13.0. The Morgan fingerprint density at radius 1 is 1.15 bits per heavy atom. The fourth-order valence-electron chi connectivity index (χ4n) is 3.49. The van der Waals surface area contributed by atoms with Crippen LogP contribution in [0.3, 0.4) is 0 Å². The van der Waals surface area contributed by atoms with E-state index in [1.54, 1.807) is 18.2 Å². The number of nitrogens with one attached hydrogen (secondary N) is 2. The molecular formula is C20H21N3O3S. The minimum absolute atomic E-state index is 0.151. The molecule has 0 spiro atoms. The molecule has 0 saturated carbocycles. The summed E-state index contributed by atoms with van der Waals surface area (Å²) in [5.74, 6) is 0.0487. The SMILES string of the molecule is C[C@@H](NC(=O)c1cccc2cc[nH]c12)c1ccc(N2CCCS2(=O)=O)cc1. The molecule has 7 heteroatoms. The summed E-state index contributed by atoms with van der Waals surface area (Å²) in [6.07, 6.45) is 2.47. The van der Waals surface area contributed by atoms with Crippen LogP contribution in [0.5, 0.6) is 0 Å². The lowest BCUT2D eigenvalue weighted by molar-refractivity contribution is 0.0941. The van der Waals surface area contributed by atoms with Gasteiger partial charge in [-0.15, -0.1) is 0 Å². The van der Waals surface area contributed by atoms with Crippen molar-refractivity contribution >= 4 is 32.5 Å². The molecule has 2 heterocycles. The Bertz CT molecular complexity index is 1090. The highest BCUT2D eigenvalue weighted by Gasteiger charge is 2.28. The molecule has 0 aliphatic carbocycles. The van der Waals surface area contributed by atoms with Gasteiger partial charge in [0.15, 0.2) is 0 Å². The first kappa shape index (κ1) is 17.6. The topological polar surface area (TPSA) is 82.3 Å². The van der Waals surface area contributed by atoms with Crippen molar-refractivity contribution in [1.82, 2.24) is 10.3 Å². The number of aromatic amines is 1. The molecular weight excluding hydrogens is 362 g/mol. The zero-order valence-electron chi connectivity index (χ0n) is 15.0. The van der Waals surface area contributed by atoms with Crippen molar-refractivity contribution in [2.45, 2.75) is 19.4 Å². The maximum Gasteiger partial charge on any atom is 0.253 e. The third kappa shape index (κ3) is 3.30. The number of amides is 1. The van der Waals surface area contributed by atoms with Crippen molar-refractivity contribution in [2.24, 2.45) is 0 Å². The molecule has 4 rings (SSSR count). The van der Waals surface area contributed by atoms with Crippen molar-refractivity contribution in [3.05, 3.63) is 65.9 Å². The van der Waals surface area contributed by atoms with Crippen molar-refractivity contribution in [2.75, 3.05) is 16.6 Å². The van der Waals surface area contributed by atoms with Crippen LogP contribution in [0, 0.1) is 0 Å². The first-order valence-corrected chi connectivity index (χ1v) is 10.5. The van der Waals surface area contributed by atoms with Crippen LogP contribution in [0.1, 0.15) is 35.3 Å². The summed E-state index contributed by atoms with van der Waals surface area (Å²) in [6.45, 7) is 2.43. The molecule has 6 nitrogen and oxygen atoms in total. The number of rotatable bonds is 4. The molecule has 1 atom stereocenters. The number of nitrogens with zero attached hydrogens (tertiary/aromatic N) is 1. The van der Waals surface area contributed by atoms with Crippen LogP contribution in [0.25, 0.3) is 10.9 Å². The number of aromatic nitrogens is 1. The smallest absolute Gasteiger partial charge is 0.253 e. The Balaban J connectivity index is 1.51. The Morgan fingerprint density at radius 2 is 1.93 bits per heavy atom. The van der Waals surface area contributed by atoms with E-state index in [4.69, 9.17) is 0 Å². The van der Waals surface area contributed by atoms with E-state index in [9.17, 15) is 13.2 Å². The number of fused-ring (bicyclic) bond motifs is 1. The number of benzene rings is 2. The summed E-state index contributed by atoms with van der Waals surface area (Å²) in [5.41, 5.74) is 3.01. The van der Waals surface area contributed by atoms with Gasteiger partial charge in [0, 0.05) is 18.1 Å². The lowest BCUT2D eigenvalue weighted by Crippen LogP contribution is -2.27. The van der Waals surface area contributed by atoms with E-state index < -0.39 is 10.0 Å². The largest absolute Gasteiger partial charge is 0.361 e. The monoisotopic (exact) mass is 383 g/mol. The van der Waals surface area contributed by atoms with Gasteiger partial charge in [-0.2, -0.15) is 0 Å². The molecule has 140 valence electrons. The van der Waals surface area contributed by atoms with Crippen molar-refractivity contribution in [3.63, 3.8) is 0 Å². The number of anilines is 1. The summed E-state index contributed by atoms with van der Waals surface area (Å²) in [4.78, 5) is 15.8. The first-order valence-electron chi connectivity index (χ1n) is 8.93. The zero-order chi connectivity index (χ0) is 19.0. The van der Waals surface area contributed by atoms with Crippen LogP contribution >= 0.6 is 0 Å². The molecule has 27 heavy (non-hydrogen) atoms. The zero-order valence-corrected chi connectivity index (χ0v) is 15.8. The van der Waals surface area contributed by atoms with Gasteiger partial charge < -0.3 is 10.3 Å². The summed E-state index contributed by atoms with van der Waals surface area (Å²) in [5, 5.41) is 4.00. The molecule has 2 aromatic carbocycles. The van der Waals surface area contributed by atoms with Crippen LogP contribution in [0.4, 0.5) is 5.69 Å². The highest BCUT2D eigenvalue weighted by molar-refractivity contribution is 7.93.